The predicted octanol–water partition coefficient (Wildman–Crippen LogP) is 3.62. The lowest BCUT2D eigenvalue weighted by atomic mass is 9.83. The molecule has 2 N–H and O–H groups in total. The highest BCUT2D eigenvalue weighted by atomic mass is 32.1. The highest BCUT2D eigenvalue weighted by Crippen LogP contribution is 2.45. The second kappa shape index (κ2) is 4.67. The van der Waals surface area contributed by atoms with Gasteiger partial charge in [0.1, 0.15) is 0 Å². The summed E-state index contributed by atoms with van der Waals surface area (Å²) >= 11 is 1.36. The van der Waals surface area contributed by atoms with E-state index >= 15 is 0 Å². The van der Waals surface area contributed by atoms with Gasteiger partial charge in [0.05, 0.1) is 16.0 Å². The normalized spacial score (nSPS) is 27.7. The van der Waals surface area contributed by atoms with E-state index in [-0.39, 0.29) is 11.0 Å². The van der Waals surface area contributed by atoms with E-state index in [1.165, 1.54) is 11.3 Å². The van der Waals surface area contributed by atoms with Gasteiger partial charge in [-0.1, -0.05) is 13.8 Å². The summed E-state index contributed by atoms with van der Waals surface area (Å²) in [6.45, 7) is 4.43. The Bertz CT molecular complexity index is 450. The van der Waals surface area contributed by atoms with Gasteiger partial charge in [0.15, 0.2) is 0 Å². The number of carboxylic acids is 1. The van der Waals surface area contributed by atoms with Crippen LogP contribution < -0.4 is 0 Å². The topological polar surface area (TPSA) is 57.5 Å². The zero-order chi connectivity index (χ0) is 13.4. The van der Waals surface area contributed by atoms with Crippen molar-refractivity contribution in [3.05, 3.63) is 21.9 Å². The first-order valence-corrected chi connectivity index (χ1v) is 7.26. The molecule has 1 saturated carbocycles. The first-order valence-electron chi connectivity index (χ1n) is 6.38. The average molecular weight is 268 g/mol. The molecule has 0 saturated heterocycles. The highest BCUT2D eigenvalue weighted by molar-refractivity contribution is 7.10. The van der Waals surface area contributed by atoms with Crippen molar-refractivity contribution in [3.8, 4) is 0 Å². The van der Waals surface area contributed by atoms with Crippen LogP contribution in [0.3, 0.4) is 0 Å². The number of aromatic carboxylic acids is 1. The van der Waals surface area contributed by atoms with Crippen LogP contribution in [0.25, 0.3) is 0 Å². The number of rotatable bonds is 2. The molecular weight excluding hydrogens is 248 g/mol. The van der Waals surface area contributed by atoms with Gasteiger partial charge < -0.3 is 10.2 Å². The third kappa shape index (κ3) is 2.59. The Morgan fingerprint density at radius 1 is 1.28 bits per heavy atom. The molecule has 0 bridgehead atoms. The third-order valence-corrected chi connectivity index (χ3v) is 5.09. The minimum atomic E-state index is -0.949. The van der Waals surface area contributed by atoms with Gasteiger partial charge in [-0.25, -0.2) is 4.79 Å². The van der Waals surface area contributed by atoms with Crippen molar-refractivity contribution in [2.75, 3.05) is 0 Å². The fourth-order valence-corrected chi connectivity index (χ4v) is 3.77. The Morgan fingerprint density at radius 3 is 2.67 bits per heavy atom. The summed E-state index contributed by atoms with van der Waals surface area (Å²) in [6, 6.07) is 1.59. The molecule has 18 heavy (non-hydrogen) atoms. The molecule has 1 aliphatic carbocycles. The van der Waals surface area contributed by atoms with Crippen molar-refractivity contribution in [1.29, 1.82) is 0 Å². The molecule has 0 spiro atoms. The van der Waals surface area contributed by atoms with Crippen LogP contribution in [0.1, 0.15) is 61.2 Å². The van der Waals surface area contributed by atoms with Crippen molar-refractivity contribution >= 4 is 17.3 Å². The van der Waals surface area contributed by atoms with Crippen LogP contribution in [0, 0.1) is 5.41 Å². The predicted molar refractivity (Wildman–Crippen MR) is 72.0 cm³/mol. The van der Waals surface area contributed by atoms with Crippen LogP contribution in [0.15, 0.2) is 11.4 Å². The van der Waals surface area contributed by atoms with Gasteiger partial charge in [0.2, 0.25) is 0 Å². The lowest BCUT2D eigenvalue weighted by Crippen LogP contribution is -2.26. The number of carbonyl (C=O) groups is 1. The van der Waals surface area contributed by atoms with Gasteiger partial charge in [-0.05, 0) is 49.0 Å². The van der Waals surface area contributed by atoms with Crippen molar-refractivity contribution in [1.82, 2.24) is 0 Å². The molecular formula is C14H20O3S. The average Bonchev–Trinajstić information content (AvgIpc) is 2.71. The molecule has 1 atom stereocenters. The fraction of sp³-hybridized carbons (Fsp3) is 0.643. The summed E-state index contributed by atoms with van der Waals surface area (Å²) in [5.74, 6) is -0.941. The molecule has 0 aromatic carbocycles. The lowest BCUT2D eigenvalue weighted by molar-refractivity contribution is 0.0198. The van der Waals surface area contributed by atoms with Crippen LogP contribution in [0.4, 0.5) is 0 Å². The molecule has 0 radical (unpaired) electrons. The standard InChI is InChI=1S/C14H20O3S/c1-13(2)5-3-6-14(17,8-7-13)11-10(12(15)16)4-9-18-11/h4,9,17H,3,5-8H2,1-2H3,(H,15,16). The van der Waals surface area contributed by atoms with Crippen LogP contribution in [-0.4, -0.2) is 16.2 Å². The van der Waals surface area contributed by atoms with E-state index in [0.717, 1.165) is 19.3 Å². The molecule has 1 aromatic heterocycles. The molecule has 1 aliphatic rings. The van der Waals surface area contributed by atoms with Crippen LogP contribution in [0.5, 0.6) is 0 Å². The zero-order valence-electron chi connectivity index (χ0n) is 10.9. The number of carboxylic acid groups (broad SMARTS) is 1. The second-order valence-electron chi connectivity index (χ2n) is 6.02. The van der Waals surface area contributed by atoms with E-state index in [1.54, 1.807) is 11.4 Å². The summed E-state index contributed by atoms with van der Waals surface area (Å²) in [7, 11) is 0. The van der Waals surface area contributed by atoms with Gasteiger partial charge in [0, 0.05) is 0 Å². The molecule has 1 fully saturated rings. The number of thiophene rings is 1. The van der Waals surface area contributed by atoms with E-state index in [0.29, 0.717) is 17.7 Å². The molecule has 2 rings (SSSR count). The lowest BCUT2D eigenvalue weighted by Gasteiger charge is -2.27. The Balaban J connectivity index is 2.30. The molecule has 0 amide bonds. The first-order chi connectivity index (χ1) is 8.34. The van der Waals surface area contributed by atoms with E-state index in [2.05, 4.69) is 13.8 Å². The van der Waals surface area contributed by atoms with Crippen LogP contribution >= 0.6 is 11.3 Å². The van der Waals surface area contributed by atoms with Gasteiger partial charge >= 0.3 is 5.97 Å². The molecule has 100 valence electrons. The molecule has 3 nitrogen and oxygen atoms in total. The number of aliphatic hydroxyl groups is 1. The van der Waals surface area contributed by atoms with E-state index in [4.69, 9.17) is 5.11 Å². The van der Waals surface area contributed by atoms with Crippen LogP contribution in [-0.2, 0) is 5.60 Å². The second-order valence-corrected chi connectivity index (χ2v) is 6.93. The zero-order valence-corrected chi connectivity index (χ0v) is 11.7. The first kappa shape index (κ1) is 13.6. The summed E-state index contributed by atoms with van der Waals surface area (Å²) in [4.78, 5) is 11.8. The fourth-order valence-electron chi connectivity index (χ4n) is 2.72. The van der Waals surface area contributed by atoms with E-state index < -0.39 is 11.6 Å². The van der Waals surface area contributed by atoms with Crippen molar-refractivity contribution in [3.63, 3.8) is 0 Å². The molecule has 4 heteroatoms. The smallest absolute Gasteiger partial charge is 0.336 e. The maximum atomic E-state index is 11.2. The van der Waals surface area contributed by atoms with E-state index in [9.17, 15) is 9.90 Å². The minimum absolute atomic E-state index is 0.241. The Labute approximate surface area is 111 Å². The van der Waals surface area contributed by atoms with Gasteiger partial charge in [-0.2, -0.15) is 0 Å². The summed E-state index contributed by atoms with van der Waals surface area (Å²) in [6.07, 6.45) is 4.28. The maximum absolute atomic E-state index is 11.2. The summed E-state index contributed by atoms with van der Waals surface area (Å²) in [5.41, 5.74) is -0.442. The number of hydrogen-bond acceptors (Lipinski definition) is 3. The molecule has 1 heterocycles. The third-order valence-electron chi connectivity index (χ3n) is 3.98. The molecule has 1 aromatic rings. The van der Waals surface area contributed by atoms with E-state index in [1.807, 2.05) is 0 Å². The molecule has 0 aliphatic heterocycles. The monoisotopic (exact) mass is 268 g/mol. The summed E-state index contributed by atoms with van der Waals surface area (Å²) in [5, 5.41) is 21.7. The quantitative estimate of drug-likeness (QED) is 0.805. The van der Waals surface area contributed by atoms with Crippen molar-refractivity contribution in [2.45, 2.75) is 51.6 Å². The van der Waals surface area contributed by atoms with Gasteiger partial charge in [0.25, 0.3) is 0 Å². The number of hydrogen-bond donors (Lipinski definition) is 2. The largest absolute Gasteiger partial charge is 0.478 e. The van der Waals surface area contributed by atoms with Crippen molar-refractivity contribution < 1.29 is 15.0 Å². The van der Waals surface area contributed by atoms with Crippen molar-refractivity contribution in [2.24, 2.45) is 5.41 Å². The SMILES string of the molecule is CC1(C)CCCC(O)(c2sccc2C(=O)O)CC1. The van der Waals surface area contributed by atoms with Gasteiger partial charge in [-0.15, -0.1) is 11.3 Å². The maximum Gasteiger partial charge on any atom is 0.336 e. The van der Waals surface area contributed by atoms with Gasteiger partial charge in [-0.3, -0.25) is 0 Å². The van der Waals surface area contributed by atoms with Crippen LogP contribution in [0.2, 0.25) is 0 Å². The molecule has 1 unspecified atom stereocenters. The minimum Gasteiger partial charge on any atom is -0.478 e. The Kier molecular flexibility index (Phi) is 3.52. The highest BCUT2D eigenvalue weighted by Gasteiger charge is 2.38. The Hall–Kier alpha value is -0.870. The summed E-state index contributed by atoms with van der Waals surface area (Å²) < 4.78 is 0. The Morgan fingerprint density at radius 2 is 2.00 bits per heavy atom.